The second-order valence-corrected chi connectivity index (χ2v) is 8.35. The zero-order valence-corrected chi connectivity index (χ0v) is 19.9. The quantitative estimate of drug-likeness (QED) is 0.395. The molecule has 0 spiro atoms. The predicted molar refractivity (Wildman–Crippen MR) is 131 cm³/mol. The highest BCUT2D eigenvalue weighted by Gasteiger charge is 2.11. The molecule has 3 heterocycles. The van der Waals surface area contributed by atoms with Crippen LogP contribution in [0.4, 0.5) is 0 Å². The lowest BCUT2D eigenvalue weighted by Crippen LogP contribution is -2.27. The molecule has 0 aliphatic heterocycles. The first-order chi connectivity index (χ1) is 16.1. The molecular formula is C25H26N5O2S+. The number of hydrogen-bond donors (Lipinski definition) is 1. The fraction of sp³-hybridized carbons (Fsp3) is 0.200. The van der Waals surface area contributed by atoms with Crippen molar-refractivity contribution in [3.63, 3.8) is 0 Å². The summed E-state index contributed by atoms with van der Waals surface area (Å²) >= 11 is 1.67. The molecule has 3 aromatic heterocycles. The molecule has 0 bridgehead atoms. The summed E-state index contributed by atoms with van der Waals surface area (Å²) in [4.78, 5) is 19.3. The van der Waals surface area contributed by atoms with Crippen LogP contribution in [0.3, 0.4) is 0 Å². The first-order valence-electron chi connectivity index (χ1n) is 10.7. The van der Waals surface area contributed by atoms with Crippen LogP contribution < -0.4 is 15.0 Å². The van der Waals surface area contributed by atoms with E-state index in [1.54, 1.807) is 37.3 Å². The van der Waals surface area contributed by atoms with Crippen LogP contribution in [0.2, 0.25) is 0 Å². The van der Waals surface area contributed by atoms with Gasteiger partial charge in [-0.25, -0.2) is 9.67 Å². The van der Waals surface area contributed by atoms with Crippen LogP contribution in [0.5, 0.6) is 5.88 Å². The van der Waals surface area contributed by atoms with Crippen molar-refractivity contribution in [2.45, 2.75) is 30.2 Å². The number of aromatic nitrogens is 5. The Hall–Kier alpha value is -3.65. The minimum absolute atomic E-state index is 0.121. The third-order valence-electron chi connectivity index (χ3n) is 5.08. The van der Waals surface area contributed by atoms with Gasteiger partial charge in [-0.1, -0.05) is 37.7 Å². The van der Waals surface area contributed by atoms with Gasteiger partial charge in [-0.3, -0.25) is 4.79 Å². The van der Waals surface area contributed by atoms with Crippen LogP contribution in [0, 0.1) is 0 Å². The van der Waals surface area contributed by atoms with Crippen LogP contribution >= 0.6 is 11.8 Å². The SMILES string of the molecule is CC.COc1ccc(Cn2ncc3cc(Sc4cccc5[nH][n+](C)cc45)ccc3c2=O)cn1. The van der Waals surface area contributed by atoms with Crippen molar-refractivity contribution in [1.82, 2.24) is 19.9 Å². The number of rotatable bonds is 5. The van der Waals surface area contributed by atoms with Crippen molar-refractivity contribution in [1.29, 1.82) is 0 Å². The molecule has 7 nitrogen and oxygen atoms in total. The molecular weight excluding hydrogens is 434 g/mol. The third kappa shape index (κ3) is 4.75. The summed E-state index contributed by atoms with van der Waals surface area (Å²) in [6, 6.07) is 15.7. The van der Waals surface area contributed by atoms with Gasteiger partial charge in [-0.2, -0.15) is 10.2 Å². The van der Waals surface area contributed by atoms with E-state index in [0.717, 1.165) is 31.6 Å². The van der Waals surface area contributed by atoms with Crippen molar-refractivity contribution in [3.05, 3.63) is 83.0 Å². The summed E-state index contributed by atoms with van der Waals surface area (Å²) in [7, 11) is 3.55. The molecule has 0 radical (unpaired) electrons. The zero-order valence-electron chi connectivity index (χ0n) is 19.1. The van der Waals surface area contributed by atoms with E-state index in [9.17, 15) is 4.79 Å². The number of aromatic amines is 1. The third-order valence-corrected chi connectivity index (χ3v) is 6.14. The fourth-order valence-corrected chi connectivity index (χ4v) is 4.54. The first kappa shape index (κ1) is 22.5. The molecule has 0 aliphatic carbocycles. The zero-order chi connectivity index (χ0) is 23.4. The second-order valence-electron chi connectivity index (χ2n) is 7.24. The standard InChI is InChI=1S/C23H19N5O2S.C2H6/c1-27-14-19-20(26-27)4-3-5-21(19)31-17-7-8-18-16(10-17)12-25-28(23(18)29)13-15-6-9-22(30-2)24-11-15;1-2/h3-12,14H,13H2,1-2H3;1-2H3/p+1. The van der Waals surface area contributed by atoms with Crippen molar-refractivity contribution < 1.29 is 9.42 Å². The highest BCUT2D eigenvalue weighted by Crippen LogP contribution is 2.33. The van der Waals surface area contributed by atoms with Crippen LogP contribution in [0.15, 0.2) is 81.7 Å². The van der Waals surface area contributed by atoms with Gasteiger partial charge in [0.25, 0.3) is 5.56 Å². The number of pyridine rings is 1. The number of ether oxygens (including phenoxy) is 1. The maximum Gasteiger partial charge on any atom is 0.274 e. The molecule has 1 N–H and O–H groups in total. The predicted octanol–water partition coefficient (Wildman–Crippen LogP) is 4.33. The molecule has 168 valence electrons. The molecule has 33 heavy (non-hydrogen) atoms. The number of nitrogens with zero attached hydrogens (tertiary/aromatic N) is 4. The number of nitrogens with one attached hydrogen (secondary N) is 1. The Labute approximate surface area is 196 Å². The maximum atomic E-state index is 12.9. The van der Waals surface area contributed by atoms with Gasteiger partial charge in [-0.05, 0) is 35.9 Å². The van der Waals surface area contributed by atoms with Gasteiger partial charge in [0.15, 0.2) is 7.05 Å². The molecule has 0 fully saturated rings. The molecule has 5 rings (SSSR count). The number of H-pyrrole nitrogens is 1. The van der Waals surface area contributed by atoms with E-state index in [2.05, 4.69) is 33.5 Å². The molecule has 0 unspecified atom stereocenters. The maximum absolute atomic E-state index is 12.9. The molecule has 5 aromatic rings. The Morgan fingerprint density at radius 1 is 1.09 bits per heavy atom. The summed E-state index contributed by atoms with van der Waals surface area (Å²) in [6.07, 6.45) is 5.51. The lowest BCUT2D eigenvalue weighted by molar-refractivity contribution is -0.724. The number of fused-ring (bicyclic) bond motifs is 2. The Balaban J connectivity index is 0.00000126. The monoisotopic (exact) mass is 460 g/mol. The lowest BCUT2D eigenvalue weighted by Gasteiger charge is -2.08. The summed E-state index contributed by atoms with van der Waals surface area (Å²) in [5.41, 5.74) is 1.85. The molecule has 0 atom stereocenters. The first-order valence-corrected chi connectivity index (χ1v) is 11.6. The van der Waals surface area contributed by atoms with Crippen LogP contribution in [-0.2, 0) is 13.6 Å². The highest BCUT2D eigenvalue weighted by molar-refractivity contribution is 7.99. The van der Waals surface area contributed by atoms with Gasteiger partial charge in [0.05, 0.1) is 30.6 Å². The van der Waals surface area contributed by atoms with Crippen molar-refractivity contribution in [2.24, 2.45) is 7.05 Å². The van der Waals surface area contributed by atoms with E-state index in [1.165, 1.54) is 4.68 Å². The largest absolute Gasteiger partial charge is 0.481 e. The molecule has 0 saturated carbocycles. The van der Waals surface area contributed by atoms with E-state index in [0.29, 0.717) is 17.8 Å². The van der Waals surface area contributed by atoms with E-state index in [-0.39, 0.29) is 5.56 Å². The summed E-state index contributed by atoms with van der Waals surface area (Å²) in [5.74, 6) is 0.539. The Morgan fingerprint density at radius 3 is 2.70 bits per heavy atom. The highest BCUT2D eigenvalue weighted by atomic mass is 32.2. The van der Waals surface area contributed by atoms with Crippen molar-refractivity contribution in [3.8, 4) is 5.88 Å². The van der Waals surface area contributed by atoms with E-state index in [1.807, 2.05) is 55.9 Å². The van der Waals surface area contributed by atoms with Gasteiger partial charge in [-0.15, -0.1) is 4.68 Å². The summed E-state index contributed by atoms with van der Waals surface area (Å²) in [5, 5.41) is 10.3. The number of hydrogen-bond acceptors (Lipinski definition) is 5. The fourth-order valence-electron chi connectivity index (χ4n) is 3.55. The normalized spacial score (nSPS) is 10.8. The molecule has 2 aromatic carbocycles. The van der Waals surface area contributed by atoms with Crippen LogP contribution in [0.25, 0.3) is 21.7 Å². The van der Waals surface area contributed by atoms with Crippen LogP contribution in [0.1, 0.15) is 19.4 Å². The van der Waals surface area contributed by atoms with E-state index >= 15 is 0 Å². The van der Waals surface area contributed by atoms with Gasteiger partial charge in [0, 0.05) is 27.4 Å². The molecule has 0 amide bonds. The van der Waals surface area contributed by atoms with Gasteiger partial charge >= 0.3 is 0 Å². The Kier molecular flexibility index (Phi) is 6.74. The Bertz CT molecular complexity index is 1460. The minimum atomic E-state index is -0.121. The van der Waals surface area contributed by atoms with Crippen LogP contribution in [-0.4, -0.2) is 27.0 Å². The van der Waals surface area contributed by atoms with Crippen molar-refractivity contribution in [2.75, 3.05) is 7.11 Å². The average molecular weight is 461 g/mol. The Morgan fingerprint density at radius 2 is 1.94 bits per heavy atom. The summed E-state index contributed by atoms with van der Waals surface area (Å²) in [6.45, 7) is 4.36. The molecule has 0 aliphatic rings. The topological polar surface area (TPSA) is 76.7 Å². The van der Waals surface area contributed by atoms with E-state index in [4.69, 9.17) is 4.74 Å². The lowest BCUT2D eigenvalue weighted by atomic mass is 10.2. The molecule has 0 saturated heterocycles. The number of aryl methyl sites for hydroxylation is 1. The van der Waals surface area contributed by atoms with Crippen molar-refractivity contribution >= 4 is 33.4 Å². The smallest absolute Gasteiger partial charge is 0.274 e. The summed E-state index contributed by atoms with van der Waals surface area (Å²) < 4.78 is 8.48. The van der Waals surface area contributed by atoms with Gasteiger partial charge < -0.3 is 4.74 Å². The van der Waals surface area contributed by atoms with E-state index < -0.39 is 0 Å². The average Bonchev–Trinajstić information content (AvgIpc) is 3.24. The molecule has 8 heteroatoms. The number of benzene rings is 2. The van der Waals surface area contributed by atoms with Gasteiger partial charge in [0.2, 0.25) is 12.1 Å². The second kappa shape index (κ2) is 9.87. The number of methoxy groups -OCH3 is 1. The minimum Gasteiger partial charge on any atom is -0.481 e. The van der Waals surface area contributed by atoms with Gasteiger partial charge in [0.1, 0.15) is 5.52 Å².